The number of alkyl halides is 1. The lowest BCUT2D eigenvalue weighted by Gasteiger charge is -2.08. The van der Waals surface area contributed by atoms with Crippen molar-refractivity contribution < 1.29 is 24.3 Å². The van der Waals surface area contributed by atoms with Crippen LogP contribution < -0.4 is 14.2 Å². The van der Waals surface area contributed by atoms with Gasteiger partial charge in [0.2, 0.25) is 17.6 Å². The first-order valence-corrected chi connectivity index (χ1v) is 17.7. The van der Waals surface area contributed by atoms with Crippen molar-refractivity contribution >= 4 is 28.4 Å². The maximum Gasteiger partial charge on any atom is 0.220 e. The van der Waals surface area contributed by atoms with Crippen molar-refractivity contribution in [3.8, 4) is 17.6 Å². The van der Waals surface area contributed by atoms with Crippen LogP contribution in [0, 0.1) is 55.4 Å². The third-order valence-electron chi connectivity index (χ3n) is 7.54. The lowest BCUT2D eigenvalue weighted by Crippen LogP contribution is -1.99. The van der Waals surface area contributed by atoms with Crippen molar-refractivity contribution in [1.29, 1.82) is 0 Å². The Balaban J connectivity index is 0.000000260. The number of pyridine rings is 5. The van der Waals surface area contributed by atoms with E-state index in [1.807, 2.05) is 97.9 Å². The van der Waals surface area contributed by atoms with Crippen LogP contribution in [0.15, 0.2) is 71.4 Å². The van der Waals surface area contributed by atoms with Gasteiger partial charge in [0.1, 0.15) is 6.61 Å². The highest BCUT2D eigenvalue weighted by atomic mass is 79.9. The molecule has 0 radical (unpaired) electrons. The lowest BCUT2D eigenvalue weighted by atomic mass is 10.2. The maximum atomic E-state index is 8.23. The number of nitrogens with zero attached hydrogens (tertiary/aromatic N) is 7. The molecule has 5 aromatic rings. The van der Waals surface area contributed by atoms with Gasteiger partial charge in [-0.25, -0.2) is 15.0 Å². The highest BCUT2D eigenvalue weighted by molar-refractivity contribution is 9.08. The van der Waals surface area contributed by atoms with Crippen LogP contribution in [0.2, 0.25) is 0 Å². The summed E-state index contributed by atoms with van der Waals surface area (Å²) in [5, 5.41) is 15.9. The van der Waals surface area contributed by atoms with Crippen LogP contribution in [-0.2, 0) is 16.8 Å². The maximum absolute atomic E-state index is 8.23. The van der Waals surface area contributed by atoms with Gasteiger partial charge in [0.05, 0.1) is 50.7 Å². The predicted molar refractivity (Wildman–Crippen MR) is 213 cm³/mol. The van der Waals surface area contributed by atoms with Crippen LogP contribution >= 0.6 is 15.9 Å². The molecule has 282 valence electrons. The smallest absolute Gasteiger partial charge is 0.220 e. The second-order valence-corrected chi connectivity index (χ2v) is 12.4. The number of ether oxygens (including phenoxy) is 3. The van der Waals surface area contributed by atoms with Crippen molar-refractivity contribution in [1.82, 2.24) is 24.9 Å². The zero-order chi connectivity index (χ0) is 39.3. The Kier molecular flexibility index (Phi) is 19.1. The van der Waals surface area contributed by atoms with Crippen LogP contribution in [0.4, 0.5) is 0 Å². The Bertz CT molecular complexity index is 1910. The molecule has 0 aliphatic rings. The first-order chi connectivity index (χ1) is 25.4. The normalized spacial score (nSPS) is 10.3. The molecular formula is C40H50BrN7O5. The molecule has 0 aliphatic carbocycles. The minimum atomic E-state index is 0.310. The number of rotatable bonds is 9. The Morgan fingerprint density at radius 3 is 1.51 bits per heavy atom. The van der Waals surface area contributed by atoms with Gasteiger partial charge in [0, 0.05) is 46.4 Å². The zero-order valence-electron chi connectivity index (χ0n) is 32.4. The number of hydrogen-bond acceptors (Lipinski definition) is 12. The molecule has 13 heteroatoms. The minimum absolute atomic E-state index is 0.310. The first kappa shape index (κ1) is 43.7. The van der Waals surface area contributed by atoms with E-state index in [2.05, 4.69) is 51.2 Å². The van der Waals surface area contributed by atoms with E-state index in [4.69, 9.17) is 24.3 Å². The molecule has 0 fully saturated rings. The Morgan fingerprint density at radius 2 is 1.08 bits per heavy atom. The minimum Gasteiger partial charge on any atom is -0.481 e. The lowest BCUT2D eigenvalue weighted by molar-refractivity contribution is 0.129. The van der Waals surface area contributed by atoms with Gasteiger partial charge in [0.15, 0.2) is 0 Å². The second kappa shape index (κ2) is 23.2. The summed E-state index contributed by atoms with van der Waals surface area (Å²) in [6, 6.07) is 13.6. The predicted octanol–water partition coefficient (Wildman–Crippen LogP) is 8.47. The van der Waals surface area contributed by atoms with E-state index in [0.29, 0.717) is 24.1 Å². The average molecular weight is 789 g/mol. The molecule has 0 spiro atoms. The second-order valence-electron chi connectivity index (χ2n) is 11.8. The number of methoxy groups -OCH3 is 3. The number of aromatic nitrogens is 5. The Morgan fingerprint density at radius 1 is 0.623 bits per heavy atom. The van der Waals surface area contributed by atoms with Crippen molar-refractivity contribution in [3.05, 3.63) is 128 Å². The van der Waals surface area contributed by atoms with Gasteiger partial charge in [-0.05, 0) is 126 Å². The monoisotopic (exact) mass is 787 g/mol. The van der Waals surface area contributed by atoms with Gasteiger partial charge in [-0.15, -0.1) is 0 Å². The van der Waals surface area contributed by atoms with E-state index in [1.54, 1.807) is 46.1 Å². The molecule has 0 aromatic carbocycles. The van der Waals surface area contributed by atoms with Gasteiger partial charge >= 0.3 is 0 Å². The van der Waals surface area contributed by atoms with Crippen LogP contribution in [-0.4, -0.2) is 63.9 Å². The summed E-state index contributed by atoms with van der Waals surface area (Å²) < 4.78 is 15.3. The van der Waals surface area contributed by atoms with Gasteiger partial charge in [-0.2, -0.15) is 0 Å². The van der Waals surface area contributed by atoms with Gasteiger partial charge in [0.25, 0.3) is 0 Å². The molecule has 0 saturated heterocycles. The van der Waals surface area contributed by atoms with E-state index in [9.17, 15) is 0 Å². The fourth-order valence-electron chi connectivity index (χ4n) is 4.76. The summed E-state index contributed by atoms with van der Waals surface area (Å²) >= 11 is 3.38. The molecule has 0 amide bonds. The molecule has 5 rings (SSSR count). The van der Waals surface area contributed by atoms with E-state index >= 15 is 0 Å². The molecule has 12 nitrogen and oxygen atoms in total. The van der Waals surface area contributed by atoms with E-state index in [-0.39, 0.29) is 0 Å². The summed E-state index contributed by atoms with van der Waals surface area (Å²) in [4.78, 5) is 26.1. The van der Waals surface area contributed by atoms with Gasteiger partial charge in [-0.3, -0.25) is 9.97 Å². The third kappa shape index (κ3) is 15.0. The van der Waals surface area contributed by atoms with Crippen molar-refractivity contribution in [2.75, 3.05) is 21.3 Å². The standard InChI is InChI=1S/C16H19N3O2.C8H10BrNO.C8H10N2O.C8H11NO/c1-11-7-13(3)19-14(8-11)9-18-21-10-15-12(2)5-6-17-16(15)20-4;1-6-3-4-10-8(11-2)7(6)5-9;1-6-3-7(2)10-8(4-6)5-9-11;1-6-4-5-9-8(10-3)7(6)2/h5-9H,10H2,1-4H3;3-4H,5H2,1-2H3;3-5,11H,1-2H3;4-5H,1-3H3/b18-9+;;9-5+;. The third-order valence-corrected chi connectivity index (χ3v) is 8.10. The molecule has 5 heterocycles. The van der Waals surface area contributed by atoms with Crippen LogP contribution in [0.5, 0.6) is 17.6 Å². The number of halogens is 1. The summed E-state index contributed by atoms with van der Waals surface area (Å²) in [5.41, 5.74) is 12.2. The topological polar surface area (TPSA) is 146 Å². The molecule has 1 N–H and O–H groups in total. The fourth-order valence-corrected chi connectivity index (χ4v) is 5.44. The summed E-state index contributed by atoms with van der Waals surface area (Å²) in [5.74, 6) is 2.00. The van der Waals surface area contributed by atoms with Gasteiger partial charge < -0.3 is 24.3 Å². The highest BCUT2D eigenvalue weighted by Crippen LogP contribution is 2.21. The molecule has 5 aromatic heterocycles. The number of oxime groups is 2. The molecular weight excluding hydrogens is 738 g/mol. The average Bonchev–Trinajstić information content (AvgIpc) is 3.12. The van der Waals surface area contributed by atoms with Crippen LogP contribution in [0.3, 0.4) is 0 Å². The van der Waals surface area contributed by atoms with Crippen LogP contribution in [0.1, 0.15) is 67.3 Å². The number of hydrogen-bond donors (Lipinski definition) is 1. The molecule has 0 bridgehead atoms. The molecule has 0 atom stereocenters. The largest absolute Gasteiger partial charge is 0.481 e. The SMILES string of the molecule is COc1nccc(C)c1C.COc1nccc(C)c1CBr.COc1nccc(C)c1CO/N=C/c1cc(C)cc(C)n1.Cc1cc(C)nc(/C=N/O)c1. The van der Waals surface area contributed by atoms with E-state index < -0.39 is 0 Å². The number of aryl methyl sites for hydroxylation is 7. The van der Waals surface area contributed by atoms with E-state index in [1.165, 1.54) is 17.3 Å². The molecule has 0 unspecified atom stereocenters. The van der Waals surface area contributed by atoms with Crippen LogP contribution in [0.25, 0.3) is 0 Å². The first-order valence-electron chi connectivity index (χ1n) is 16.6. The Labute approximate surface area is 321 Å². The molecule has 53 heavy (non-hydrogen) atoms. The summed E-state index contributed by atoms with van der Waals surface area (Å²) in [7, 11) is 4.86. The van der Waals surface area contributed by atoms with E-state index in [0.717, 1.165) is 61.7 Å². The molecule has 0 aliphatic heterocycles. The fraction of sp³-hybridized carbons (Fsp3) is 0.325. The zero-order valence-corrected chi connectivity index (χ0v) is 34.0. The quantitative estimate of drug-likeness (QED) is 0.0668. The van der Waals surface area contributed by atoms with Gasteiger partial charge in [-0.1, -0.05) is 26.2 Å². The van der Waals surface area contributed by atoms with Crippen molar-refractivity contribution in [2.45, 2.75) is 67.3 Å². The Hall–Kier alpha value is -5.43. The van der Waals surface area contributed by atoms with Crippen molar-refractivity contribution in [2.24, 2.45) is 10.3 Å². The molecule has 0 saturated carbocycles. The summed E-state index contributed by atoms with van der Waals surface area (Å²) in [6.07, 6.45) is 8.14. The summed E-state index contributed by atoms with van der Waals surface area (Å²) in [6.45, 7) is 16.2. The highest BCUT2D eigenvalue weighted by Gasteiger charge is 2.08. The van der Waals surface area contributed by atoms with Crippen molar-refractivity contribution in [3.63, 3.8) is 0 Å².